The van der Waals surface area contributed by atoms with Gasteiger partial charge in [-0.2, -0.15) is 5.10 Å². The number of carbonyl (C=O) groups excluding carboxylic acids is 1. The Labute approximate surface area is 152 Å². The minimum Gasteiger partial charge on any atom is -0.454 e. The number of amides is 1. The van der Waals surface area contributed by atoms with Crippen LogP contribution in [-0.2, 0) is 7.05 Å². The first-order valence-electron chi connectivity index (χ1n) is 7.60. The van der Waals surface area contributed by atoms with E-state index in [2.05, 4.69) is 26.5 Å². The Hall–Kier alpha value is -2.80. The summed E-state index contributed by atoms with van der Waals surface area (Å²) in [5.74, 6) is 1.08. The lowest BCUT2D eigenvalue weighted by Crippen LogP contribution is -2.17. The van der Waals surface area contributed by atoms with Crippen LogP contribution in [0.3, 0.4) is 0 Å². The van der Waals surface area contributed by atoms with E-state index in [4.69, 9.17) is 9.47 Å². The van der Waals surface area contributed by atoms with Crippen LogP contribution in [0.4, 0.5) is 0 Å². The highest BCUT2D eigenvalue weighted by Crippen LogP contribution is 2.36. The van der Waals surface area contributed by atoms with Gasteiger partial charge in [0, 0.05) is 34.2 Å². The van der Waals surface area contributed by atoms with Crippen LogP contribution < -0.4 is 14.9 Å². The fourth-order valence-electron chi connectivity index (χ4n) is 2.78. The topological polar surface area (TPSA) is 64.9 Å². The van der Waals surface area contributed by atoms with Gasteiger partial charge in [0.05, 0.1) is 11.8 Å². The first-order valence-corrected chi connectivity index (χ1v) is 8.39. The molecular formula is C18H14BrN3O3. The summed E-state index contributed by atoms with van der Waals surface area (Å²) in [5.41, 5.74) is 4.93. The second-order valence-electron chi connectivity index (χ2n) is 5.60. The molecule has 0 saturated heterocycles. The van der Waals surface area contributed by atoms with E-state index in [-0.39, 0.29) is 12.7 Å². The van der Waals surface area contributed by atoms with Crippen molar-refractivity contribution in [1.82, 2.24) is 9.99 Å². The minimum atomic E-state index is -0.259. The Bertz CT molecular complexity index is 1010. The number of halogens is 1. The quantitative estimate of drug-likeness (QED) is 0.541. The van der Waals surface area contributed by atoms with Crippen LogP contribution in [0.5, 0.6) is 11.5 Å². The molecule has 7 heteroatoms. The maximum Gasteiger partial charge on any atom is 0.273 e. The highest BCUT2D eigenvalue weighted by Gasteiger charge is 2.16. The number of benzene rings is 2. The van der Waals surface area contributed by atoms with E-state index in [1.165, 1.54) is 0 Å². The van der Waals surface area contributed by atoms with Gasteiger partial charge < -0.3 is 14.0 Å². The van der Waals surface area contributed by atoms with E-state index in [1.807, 2.05) is 41.9 Å². The van der Waals surface area contributed by atoms with E-state index < -0.39 is 0 Å². The Morgan fingerprint density at radius 2 is 2.04 bits per heavy atom. The van der Waals surface area contributed by atoms with E-state index in [1.54, 1.807) is 18.5 Å². The molecule has 1 aliphatic rings. The number of hydrogen-bond donors (Lipinski definition) is 1. The SMILES string of the molecule is Cn1cc(C(=O)N/N=C\c2cc3c(cc2Br)OCO3)c2ccccc21. The van der Waals surface area contributed by atoms with E-state index in [9.17, 15) is 4.79 Å². The van der Waals surface area contributed by atoms with Gasteiger partial charge >= 0.3 is 0 Å². The third kappa shape index (κ3) is 2.87. The number of hydrazone groups is 1. The molecule has 3 aromatic rings. The molecule has 0 unspecified atom stereocenters. The summed E-state index contributed by atoms with van der Waals surface area (Å²) in [6, 6.07) is 11.4. The number of fused-ring (bicyclic) bond motifs is 2. The molecule has 0 atom stereocenters. The van der Waals surface area contributed by atoms with Crippen molar-refractivity contribution in [3.63, 3.8) is 0 Å². The lowest BCUT2D eigenvalue weighted by Gasteiger charge is -2.02. The van der Waals surface area contributed by atoms with Gasteiger partial charge in [0.15, 0.2) is 11.5 Å². The Morgan fingerprint density at radius 1 is 1.28 bits per heavy atom. The van der Waals surface area contributed by atoms with Gasteiger partial charge in [-0.25, -0.2) is 5.43 Å². The summed E-state index contributed by atoms with van der Waals surface area (Å²) in [6.45, 7) is 0.209. The van der Waals surface area contributed by atoms with Gasteiger partial charge in [-0.3, -0.25) is 4.79 Å². The Kier molecular flexibility index (Phi) is 3.93. The number of ether oxygens (including phenoxy) is 2. The second kappa shape index (κ2) is 6.25. The summed E-state index contributed by atoms with van der Waals surface area (Å²) in [4.78, 5) is 12.4. The van der Waals surface area contributed by atoms with Crippen molar-refractivity contribution < 1.29 is 14.3 Å². The van der Waals surface area contributed by atoms with Crippen molar-refractivity contribution in [1.29, 1.82) is 0 Å². The molecule has 0 saturated carbocycles. The van der Waals surface area contributed by atoms with E-state index in [0.717, 1.165) is 20.9 Å². The van der Waals surface area contributed by atoms with Gasteiger partial charge in [-0.15, -0.1) is 0 Å². The third-order valence-electron chi connectivity index (χ3n) is 4.00. The van der Waals surface area contributed by atoms with Gasteiger partial charge in [0.25, 0.3) is 5.91 Å². The number of rotatable bonds is 3. The van der Waals surface area contributed by atoms with Gasteiger partial charge in [0.1, 0.15) is 0 Å². The molecule has 1 N–H and O–H groups in total. The second-order valence-corrected chi connectivity index (χ2v) is 6.45. The first kappa shape index (κ1) is 15.7. The molecule has 4 rings (SSSR count). The third-order valence-corrected chi connectivity index (χ3v) is 4.69. The average molecular weight is 400 g/mol. The number of aromatic nitrogens is 1. The van der Waals surface area contributed by atoms with E-state index >= 15 is 0 Å². The first-order chi connectivity index (χ1) is 12.1. The zero-order valence-electron chi connectivity index (χ0n) is 13.3. The fraction of sp³-hybridized carbons (Fsp3) is 0.111. The monoisotopic (exact) mass is 399 g/mol. The Balaban J connectivity index is 1.55. The number of aryl methyl sites for hydroxylation is 1. The van der Waals surface area contributed by atoms with Gasteiger partial charge in [-0.05, 0) is 34.1 Å². The van der Waals surface area contributed by atoms with Crippen LogP contribution in [0.25, 0.3) is 10.9 Å². The predicted molar refractivity (Wildman–Crippen MR) is 98.2 cm³/mol. The van der Waals surface area contributed by atoms with Gasteiger partial charge in [-0.1, -0.05) is 18.2 Å². The fourth-order valence-corrected chi connectivity index (χ4v) is 3.20. The van der Waals surface area contributed by atoms with Crippen molar-refractivity contribution in [3.8, 4) is 11.5 Å². The maximum atomic E-state index is 12.4. The van der Waals surface area contributed by atoms with Crippen LogP contribution in [0, 0.1) is 0 Å². The molecule has 2 aromatic carbocycles. The van der Waals surface area contributed by atoms with Crippen molar-refractivity contribution in [2.75, 3.05) is 6.79 Å². The molecular weight excluding hydrogens is 386 g/mol. The molecule has 1 aromatic heterocycles. The Morgan fingerprint density at radius 3 is 2.88 bits per heavy atom. The standard InChI is InChI=1S/C18H14BrN3O3/c1-22-9-13(12-4-2-3-5-15(12)22)18(23)21-20-8-11-6-16-17(7-14(11)19)25-10-24-16/h2-9H,10H2,1H3,(H,21,23)/b20-8-. The number of carbonyl (C=O) groups is 1. The van der Waals surface area contributed by atoms with E-state index in [0.29, 0.717) is 17.1 Å². The summed E-state index contributed by atoms with van der Waals surface area (Å²) < 4.78 is 13.4. The zero-order chi connectivity index (χ0) is 17.4. The molecule has 1 aliphatic heterocycles. The predicted octanol–water partition coefficient (Wildman–Crippen LogP) is 3.43. The minimum absolute atomic E-state index is 0.209. The molecule has 2 heterocycles. The number of nitrogens with zero attached hydrogens (tertiary/aromatic N) is 2. The van der Waals surface area contributed by atoms with Crippen LogP contribution in [-0.4, -0.2) is 23.5 Å². The van der Waals surface area contributed by atoms with Crippen molar-refractivity contribution in [2.45, 2.75) is 0 Å². The van der Waals surface area contributed by atoms with Crippen LogP contribution in [0.15, 0.2) is 52.2 Å². The number of hydrogen-bond acceptors (Lipinski definition) is 4. The summed E-state index contributed by atoms with van der Waals surface area (Å²) >= 11 is 3.46. The number of nitrogens with one attached hydrogen (secondary N) is 1. The zero-order valence-corrected chi connectivity index (χ0v) is 14.9. The van der Waals surface area contributed by atoms with Crippen molar-refractivity contribution in [3.05, 3.63) is 58.2 Å². The molecule has 0 fully saturated rings. The average Bonchev–Trinajstić information content (AvgIpc) is 3.19. The van der Waals surface area contributed by atoms with Crippen LogP contribution in [0.2, 0.25) is 0 Å². The summed E-state index contributed by atoms with van der Waals surface area (Å²) in [7, 11) is 1.91. The van der Waals surface area contributed by atoms with Crippen molar-refractivity contribution >= 4 is 39.0 Å². The van der Waals surface area contributed by atoms with Crippen LogP contribution >= 0.6 is 15.9 Å². The van der Waals surface area contributed by atoms with Crippen LogP contribution in [0.1, 0.15) is 15.9 Å². The van der Waals surface area contributed by atoms with Crippen molar-refractivity contribution in [2.24, 2.45) is 12.1 Å². The highest BCUT2D eigenvalue weighted by atomic mass is 79.9. The highest BCUT2D eigenvalue weighted by molar-refractivity contribution is 9.10. The van der Waals surface area contributed by atoms with Gasteiger partial charge in [0.2, 0.25) is 6.79 Å². The molecule has 6 nitrogen and oxygen atoms in total. The lowest BCUT2D eigenvalue weighted by atomic mass is 10.2. The molecule has 0 aliphatic carbocycles. The summed E-state index contributed by atoms with van der Waals surface area (Å²) in [6.07, 6.45) is 3.36. The molecule has 0 radical (unpaired) electrons. The molecule has 25 heavy (non-hydrogen) atoms. The molecule has 0 bridgehead atoms. The molecule has 126 valence electrons. The lowest BCUT2D eigenvalue weighted by molar-refractivity contribution is 0.0956. The number of para-hydroxylation sites is 1. The molecule has 1 amide bonds. The smallest absolute Gasteiger partial charge is 0.273 e. The maximum absolute atomic E-state index is 12.4. The summed E-state index contributed by atoms with van der Waals surface area (Å²) in [5, 5.41) is 4.95. The largest absolute Gasteiger partial charge is 0.454 e. The molecule has 0 spiro atoms. The normalized spacial score (nSPS) is 12.9.